The van der Waals surface area contributed by atoms with Gasteiger partial charge in [-0.3, -0.25) is 4.68 Å². The Morgan fingerprint density at radius 2 is 2.10 bits per heavy atom. The maximum absolute atomic E-state index is 4.29. The van der Waals surface area contributed by atoms with E-state index in [0.717, 1.165) is 6.54 Å². The number of aromatic nitrogens is 2. The van der Waals surface area contributed by atoms with Crippen molar-refractivity contribution >= 4 is 17.0 Å². The zero-order chi connectivity index (χ0) is 14.7. The molecule has 3 aromatic rings. The van der Waals surface area contributed by atoms with Crippen LogP contribution in [0.2, 0.25) is 0 Å². The number of nitrogens with one attached hydrogen (secondary N) is 1. The van der Waals surface area contributed by atoms with Crippen LogP contribution in [0.5, 0.6) is 0 Å². The molecular formula is C17H19N3S. The Morgan fingerprint density at radius 3 is 2.81 bits per heavy atom. The van der Waals surface area contributed by atoms with Crippen LogP contribution in [0, 0.1) is 6.92 Å². The Hall–Kier alpha value is -2.07. The Balaban J connectivity index is 1.81. The lowest BCUT2D eigenvalue weighted by atomic mass is 10.1. The molecule has 1 N–H and O–H groups in total. The molecule has 4 heteroatoms. The van der Waals surface area contributed by atoms with E-state index >= 15 is 0 Å². The lowest BCUT2D eigenvalue weighted by Crippen LogP contribution is -2.10. The highest BCUT2D eigenvalue weighted by Crippen LogP contribution is 2.28. The largest absolute Gasteiger partial charge is 0.377 e. The summed E-state index contributed by atoms with van der Waals surface area (Å²) in [6.45, 7) is 5.16. The Kier molecular flexibility index (Phi) is 4.06. The first-order valence-corrected chi connectivity index (χ1v) is 7.98. The third-order valence-electron chi connectivity index (χ3n) is 3.58. The molecule has 0 saturated carbocycles. The normalized spacial score (nSPS) is 12.3. The summed E-state index contributed by atoms with van der Waals surface area (Å²) in [5, 5.41) is 10.1. The fourth-order valence-electron chi connectivity index (χ4n) is 2.49. The minimum Gasteiger partial charge on any atom is -0.377 e. The molecule has 0 radical (unpaired) electrons. The molecule has 0 aliphatic heterocycles. The van der Waals surface area contributed by atoms with Crippen LogP contribution >= 0.6 is 11.3 Å². The number of hydrogen-bond donors (Lipinski definition) is 1. The van der Waals surface area contributed by atoms with Crippen LogP contribution in [0.4, 0.5) is 5.69 Å². The molecule has 0 aliphatic rings. The average molecular weight is 297 g/mol. The van der Waals surface area contributed by atoms with E-state index in [9.17, 15) is 0 Å². The third kappa shape index (κ3) is 3.16. The van der Waals surface area contributed by atoms with E-state index in [1.165, 1.54) is 21.7 Å². The molecule has 0 amide bonds. The second kappa shape index (κ2) is 6.14. The predicted octanol–water partition coefficient (Wildman–Crippen LogP) is 4.47. The van der Waals surface area contributed by atoms with Crippen molar-refractivity contribution in [2.45, 2.75) is 26.4 Å². The number of rotatable bonds is 5. The summed E-state index contributed by atoms with van der Waals surface area (Å²) >= 11 is 1.81. The Morgan fingerprint density at radius 1 is 1.24 bits per heavy atom. The number of hydrogen-bond acceptors (Lipinski definition) is 3. The lowest BCUT2D eigenvalue weighted by Gasteiger charge is -2.18. The van der Waals surface area contributed by atoms with Crippen LogP contribution in [-0.4, -0.2) is 9.78 Å². The molecule has 0 saturated heterocycles. The van der Waals surface area contributed by atoms with E-state index in [1.807, 2.05) is 34.5 Å². The molecule has 2 heterocycles. The Labute approximate surface area is 129 Å². The number of aryl methyl sites for hydroxylation is 1. The summed E-state index contributed by atoms with van der Waals surface area (Å²) in [6, 6.07) is 12.9. The van der Waals surface area contributed by atoms with Crippen molar-refractivity contribution in [2.24, 2.45) is 0 Å². The van der Waals surface area contributed by atoms with E-state index < -0.39 is 0 Å². The van der Waals surface area contributed by atoms with Gasteiger partial charge in [0.25, 0.3) is 0 Å². The highest BCUT2D eigenvalue weighted by molar-refractivity contribution is 7.10. The predicted molar refractivity (Wildman–Crippen MR) is 88.9 cm³/mol. The fraction of sp³-hybridized carbons (Fsp3) is 0.235. The molecule has 21 heavy (non-hydrogen) atoms. The summed E-state index contributed by atoms with van der Waals surface area (Å²) in [7, 11) is 0. The first-order valence-electron chi connectivity index (χ1n) is 7.10. The standard InChI is InChI=1S/C17H19N3S/c1-13-8-11-21-17(13)14(2)19-16-7-4-3-6-15(16)12-20-10-5-9-18-20/h3-11,14,19H,12H2,1-2H3. The van der Waals surface area contributed by atoms with Crippen LogP contribution < -0.4 is 5.32 Å². The van der Waals surface area contributed by atoms with E-state index in [0.29, 0.717) is 6.04 Å². The van der Waals surface area contributed by atoms with E-state index in [4.69, 9.17) is 0 Å². The highest BCUT2D eigenvalue weighted by Gasteiger charge is 2.11. The van der Waals surface area contributed by atoms with Gasteiger partial charge in [0.1, 0.15) is 0 Å². The van der Waals surface area contributed by atoms with Gasteiger partial charge in [0.2, 0.25) is 0 Å². The quantitative estimate of drug-likeness (QED) is 0.752. The van der Waals surface area contributed by atoms with Gasteiger partial charge in [-0.25, -0.2) is 0 Å². The van der Waals surface area contributed by atoms with Crippen molar-refractivity contribution in [2.75, 3.05) is 5.32 Å². The van der Waals surface area contributed by atoms with Gasteiger partial charge in [-0.05, 0) is 48.6 Å². The maximum atomic E-state index is 4.29. The summed E-state index contributed by atoms with van der Waals surface area (Å²) in [6.07, 6.45) is 3.80. The summed E-state index contributed by atoms with van der Waals surface area (Å²) in [4.78, 5) is 1.39. The SMILES string of the molecule is Cc1ccsc1C(C)Nc1ccccc1Cn1cccn1. The minimum absolute atomic E-state index is 0.309. The summed E-state index contributed by atoms with van der Waals surface area (Å²) in [5.74, 6) is 0. The first kappa shape index (κ1) is 13.9. The van der Waals surface area contributed by atoms with Crippen molar-refractivity contribution < 1.29 is 0 Å². The van der Waals surface area contributed by atoms with Crippen LogP contribution in [0.15, 0.2) is 54.2 Å². The topological polar surface area (TPSA) is 29.9 Å². The molecule has 2 aromatic heterocycles. The van der Waals surface area contributed by atoms with E-state index in [1.54, 1.807) is 0 Å². The van der Waals surface area contributed by atoms with Crippen LogP contribution in [0.25, 0.3) is 0 Å². The third-order valence-corrected chi connectivity index (χ3v) is 4.78. The molecule has 3 rings (SSSR count). The monoisotopic (exact) mass is 297 g/mol. The maximum Gasteiger partial charge on any atom is 0.0679 e. The van der Waals surface area contributed by atoms with Crippen LogP contribution in [0.1, 0.15) is 29.0 Å². The second-order valence-corrected chi connectivity index (χ2v) is 6.14. The van der Waals surface area contributed by atoms with E-state index in [2.05, 4.69) is 60.0 Å². The average Bonchev–Trinajstić information content (AvgIpc) is 3.12. The molecule has 0 fully saturated rings. The molecule has 108 valence electrons. The van der Waals surface area contributed by atoms with Gasteiger partial charge in [0, 0.05) is 23.0 Å². The molecule has 3 nitrogen and oxygen atoms in total. The van der Waals surface area contributed by atoms with Gasteiger partial charge in [0.05, 0.1) is 12.6 Å². The van der Waals surface area contributed by atoms with Gasteiger partial charge >= 0.3 is 0 Å². The second-order valence-electron chi connectivity index (χ2n) is 5.19. The zero-order valence-corrected chi connectivity index (χ0v) is 13.1. The van der Waals surface area contributed by atoms with Crippen LogP contribution in [0.3, 0.4) is 0 Å². The van der Waals surface area contributed by atoms with Gasteiger partial charge in [-0.15, -0.1) is 11.3 Å². The van der Waals surface area contributed by atoms with Crippen molar-refractivity contribution in [1.82, 2.24) is 9.78 Å². The molecular weight excluding hydrogens is 278 g/mol. The molecule has 0 aliphatic carbocycles. The van der Waals surface area contributed by atoms with E-state index in [-0.39, 0.29) is 0 Å². The first-order chi connectivity index (χ1) is 10.2. The summed E-state index contributed by atoms with van der Waals surface area (Å²) in [5.41, 5.74) is 3.78. The molecule has 1 aromatic carbocycles. The van der Waals surface area contributed by atoms with Crippen molar-refractivity contribution in [3.63, 3.8) is 0 Å². The molecule has 0 bridgehead atoms. The highest BCUT2D eigenvalue weighted by atomic mass is 32.1. The number of anilines is 1. The van der Waals surface area contributed by atoms with Gasteiger partial charge in [-0.2, -0.15) is 5.10 Å². The van der Waals surface area contributed by atoms with Gasteiger partial charge < -0.3 is 5.32 Å². The number of para-hydroxylation sites is 1. The zero-order valence-electron chi connectivity index (χ0n) is 12.3. The van der Waals surface area contributed by atoms with Crippen molar-refractivity contribution in [3.05, 3.63) is 70.2 Å². The molecule has 0 spiro atoms. The van der Waals surface area contributed by atoms with Gasteiger partial charge in [-0.1, -0.05) is 18.2 Å². The minimum atomic E-state index is 0.309. The lowest BCUT2D eigenvalue weighted by molar-refractivity contribution is 0.686. The number of benzene rings is 1. The summed E-state index contributed by atoms with van der Waals surface area (Å²) < 4.78 is 1.95. The van der Waals surface area contributed by atoms with Gasteiger partial charge in [0.15, 0.2) is 0 Å². The smallest absolute Gasteiger partial charge is 0.0679 e. The molecule has 1 unspecified atom stereocenters. The molecule has 1 atom stereocenters. The van der Waals surface area contributed by atoms with Crippen molar-refractivity contribution in [3.8, 4) is 0 Å². The van der Waals surface area contributed by atoms with Crippen molar-refractivity contribution in [1.29, 1.82) is 0 Å². The van der Waals surface area contributed by atoms with Crippen LogP contribution in [-0.2, 0) is 6.54 Å². The number of nitrogens with zero attached hydrogens (tertiary/aromatic N) is 2. The number of thiophene rings is 1. The Bertz CT molecular complexity index is 700. The fourth-order valence-corrected chi connectivity index (χ4v) is 3.43.